The zero-order valence-corrected chi connectivity index (χ0v) is 19.4. The van der Waals surface area contributed by atoms with Crippen molar-refractivity contribution >= 4 is 41.8 Å². The second-order valence-corrected chi connectivity index (χ2v) is 3.44. The SMILES string of the molecule is CC(=O)[O-].CC(=O)[O-].CC(=O)[O-].CC(=O)[O-].CC(=O)[O-].CC(=O)[O-].CC(=O)[O-].[Co+2].[V+5]. The van der Waals surface area contributed by atoms with E-state index in [2.05, 4.69) is 0 Å². The molecule has 0 aliphatic heterocycles. The van der Waals surface area contributed by atoms with E-state index in [4.69, 9.17) is 69.3 Å². The van der Waals surface area contributed by atoms with E-state index in [0.29, 0.717) is 0 Å². The number of hydrogen-bond donors (Lipinski definition) is 0. The number of carboxylic acid groups (broad SMARTS) is 7. The topological polar surface area (TPSA) is 281 Å². The van der Waals surface area contributed by atoms with Gasteiger partial charge < -0.3 is 69.3 Å². The first kappa shape index (κ1) is 56.4. The molecule has 0 saturated heterocycles. The fraction of sp³-hybridized carbons (Fsp3) is 0.500. The Morgan fingerprint density at radius 1 is 0.333 bits per heavy atom. The van der Waals surface area contributed by atoms with E-state index in [-0.39, 0.29) is 35.3 Å². The Labute approximate surface area is 195 Å². The van der Waals surface area contributed by atoms with E-state index >= 15 is 0 Å². The number of hydrogen-bond acceptors (Lipinski definition) is 14. The average Bonchev–Trinajstić information content (AvgIpc) is 2.20. The van der Waals surface area contributed by atoms with Crippen molar-refractivity contribution in [2.24, 2.45) is 0 Å². The van der Waals surface area contributed by atoms with Gasteiger partial charge in [0.05, 0.1) is 0 Å². The first-order valence-corrected chi connectivity index (χ1v) is 6.36. The van der Waals surface area contributed by atoms with Crippen molar-refractivity contribution in [3.63, 3.8) is 0 Å². The summed E-state index contributed by atoms with van der Waals surface area (Å²) >= 11 is 0. The number of aliphatic carboxylic acids is 7. The molecule has 0 heterocycles. The van der Waals surface area contributed by atoms with Crippen LogP contribution in [0.25, 0.3) is 0 Å². The van der Waals surface area contributed by atoms with Gasteiger partial charge in [0.15, 0.2) is 0 Å². The molecule has 0 rings (SSSR count). The predicted molar refractivity (Wildman–Crippen MR) is 74.8 cm³/mol. The minimum atomic E-state index is -1.08. The minimum absolute atomic E-state index is 0. The van der Waals surface area contributed by atoms with Crippen molar-refractivity contribution in [1.82, 2.24) is 0 Å². The standard InChI is InChI=1S/7C2H4O2.Co.V/c7*1-2(3)4;;/h7*1H3,(H,3,4);;/q;;;;;;;+2;+5/p-7. The molecular formula is C14H21CoO14V. The summed E-state index contributed by atoms with van der Waals surface area (Å²) in [5.74, 6) is -7.58. The Morgan fingerprint density at radius 3 is 0.333 bits per heavy atom. The number of carbonyl (C=O) groups is 7. The van der Waals surface area contributed by atoms with Crippen LogP contribution in [-0.2, 0) is 68.9 Å². The maximum atomic E-state index is 8.89. The molecule has 0 aliphatic carbocycles. The molecule has 0 aromatic heterocycles. The van der Waals surface area contributed by atoms with Gasteiger partial charge in [0, 0.05) is 41.8 Å². The molecule has 0 N–H and O–H groups in total. The molecule has 175 valence electrons. The smallest absolute Gasteiger partial charge is 0.550 e. The van der Waals surface area contributed by atoms with Gasteiger partial charge in [-0.25, -0.2) is 0 Å². The molecular weight excluding hydrogens is 502 g/mol. The predicted octanol–water partition coefficient (Wildman–Crippen LogP) is -8.71. The summed E-state index contributed by atoms with van der Waals surface area (Å²) in [4.78, 5) is 62.2. The third kappa shape index (κ3) is 2200. The van der Waals surface area contributed by atoms with Crippen LogP contribution < -0.4 is 35.7 Å². The van der Waals surface area contributed by atoms with E-state index < -0.39 is 41.8 Å². The van der Waals surface area contributed by atoms with Crippen LogP contribution in [-0.4, -0.2) is 41.8 Å². The second-order valence-electron chi connectivity index (χ2n) is 3.44. The van der Waals surface area contributed by atoms with Gasteiger partial charge in [0.25, 0.3) is 0 Å². The molecule has 0 bridgehead atoms. The van der Waals surface area contributed by atoms with Crippen molar-refractivity contribution in [2.75, 3.05) is 0 Å². The van der Waals surface area contributed by atoms with Crippen molar-refractivity contribution in [2.45, 2.75) is 48.5 Å². The van der Waals surface area contributed by atoms with Crippen molar-refractivity contribution in [3.8, 4) is 0 Å². The van der Waals surface area contributed by atoms with Crippen LogP contribution in [0.1, 0.15) is 48.5 Å². The Morgan fingerprint density at radius 2 is 0.333 bits per heavy atom. The Balaban J connectivity index is -0.0000000242. The molecule has 0 fully saturated rings. The summed E-state index contributed by atoms with van der Waals surface area (Å²) in [6.07, 6.45) is 0. The van der Waals surface area contributed by atoms with Crippen LogP contribution >= 0.6 is 0 Å². The van der Waals surface area contributed by atoms with Gasteiger partial charge in [0.1, 0.15) is 0 Å². The first-order valence-electron chi connectivity index (χ1n) is 6.36. The summed E-state index contributed by atoms with van der Waals surface area (Å²) in [7, 11) is 0. The van der Waals surface area contributed by atoms with Gasteiger partial charge in [0.2, 0.25) is 0 Å². The molecule has 0 aliphatic rings. The first-order chi connectivity index (χ1) is 12.1. The average molecular weight is 523 g/mol. The third-order valence-electron chi connectivity index (χ3n) is 0. The van der Waals surface area contributed by atoms with Crippen LogP contribution in [0.4, 0.5) is 0 Å². The van der Waals surface area contributed by atoms with E-state index in [1.54, 1.807) is 0 Å². The van der Waals surface area contributed by atoms with E-state index in [0.717, 1.165) is 48.5 Å². The van der Waals surface area contributed by atoms with Crippen LogP contribution in [0.2, 0.25) is 0 Å². The monoisotopic (exact) mass is 523 g/mol. The largest absolute Gasteiger partial charge is 5.00 e. The maximum absolute atomic E-state index is 8.89. The van der Waals surface area contributed by atoms with Gasteiger partial charge in [-0.1, -0.05) is 0 Å². The molecule has 0 spiro atoms. The summed E-state index contributed by atoms with van der Waals surface area (Å²) in [5, 5.41) is 62.2. The molecule has 0 atom stereocenters. The van der Waals surface area contributed by atoms with E-state index in [1.807, 2.05) is 0 Å². The van der Waals surface area contributed by atoms with Gasteiger partial charge in [-0.05, 0) is 48.5 Å². The van der Waals surface area contributed by atoms with Crippen LogP contribution in [0.15, 0.2) is 0 Å². The summed E-state index contributed by atoms with van der Waals surface area (Å²) < 4.78 is 0. The Hall–Kier alpha value is -2.62. The number of carbonyl (C=O) groups excluding carboxylic acids is 7. The number of rotatable bonds is 0. The Kier molecular flexibility index (Phi) is 94.6. The van der Waals surface area contributed by atoms with Crippen molar-refractivity contribution in [1.29, 1.82) is 0 Å². The van der Waals surface area contributed by atoms with Crippen LogP contribution in [0.3, 0.4) is 0 Å². The fourth-order valence-corrected chi connectivity index (χ4v) is 0. The van der Waals surface area contributed by atoms with Crippen LogP contribution in [0, 0.1) is 0 Å². The second kappa shape index (κ2) is 50.3. The molecule has 16 heteroatoms. The van der Waals surface area contributed by atoms with E-state index in [1.165, 1.54) is 0 Å². The number of carboxylic acids is 7. The summed E-state index contributed by atoms with van der Waals surface area (Å²) in [6, 6.07) is 0. The molecule has 0 aromatic rings. The molecule has 14 nitrogen and oxygen atoms in total. The molecule has 0 amide bonds. The van der Waals surface area contributed by atoms with Gasteiger partial charge in [-0.2, -0.15) is 0 Å². The Bertz CT molecular complexity index is 320. The molecule has 30 heavy (non-hydrogen) atoms. The molecule has 0 saturated carbocycles. The van der Waals surface area contributed by atoms with Gasteiger partial charge in [-0.15, -0.1) is 0 Å². The van der Waals surface area contributed by atoms with E-state index in [9.17, 15) is 0 Å². The maximum Gasteiger partial charge on any atom is 5.00 e. The third-order valence-corrected chi connectivity index (χ3v) is 0. The zero-order chi connectivity index (χ0) is 25.0. The van der Waals surface area contributed by atoms with Gasteiger partial charge in [-0.3, -0.25) is 0 Å². The molecule has 0 unspecified atom stereocenters. The normalized spacial score (nSPS) is 5.83. The molecule has 1 radical (unpaired) electrons. The zero-order valence-electron chi connectivity index (χ0n) is 17.0. The van der Waals surface area contributed by atoms with Crippen LogP contribution in [0.5, 0.6) is 0 Å². The summed E-state index contributed by atoms with van der Waals surface area (Å²) in [5.41, 5.74) is 0. The van der Waals surface area contributed by atoms with Gasteiger partial charge >= 0.3 is 35.3 Å². The fourth-order valence-electron chi connectivity index (χ4n) is 0. The quantitative estimate of drug-likeness (QED) is 0.285. The van der Waals surface area contributed by atoms with Crippen molar-refractivity contribution in [3.05, 3.63) is 0 Å². The van der Waals surface area contributed by atoms with Crippen molar-refractivity contribution < 1.29 is 105 Å². The minimum Gasteiger partial charge on any atom is -0.550 e. The summed E-state index contributed by atoms with van der Waals surface area (Å²) in [6.45, 7) is 6.81. The molecule has 0 aromatic carbocycles.